The van der Waals surface area contributed by atoms with Crippen LogP contribution in [0.1, 0.15) is 47.5 Å². The van der Waals surface area contributed by atoms with Crippen molar-refractivity contribution < 1.29 is 17.7 Å². The molecule has 1 aromatic heterocycles. The molecule has 2 fully saturated rings. The fraction of sp³-hybridized carbons (Fsp3) is 0.750. The summed E-state index contributed by atoms with van der Waals surface area (Å²) in [6.07, 6.45) is 4.02. The fourth-order valence-corrected chi connectivity index (χ4v) is 5.18. The van der Waals surface area contributed by atoms with Gasteiger partial charge in [-0.05, 0) is 26.7 Å². The Balaban J connectivity index is 1.64. The molecule has 0 spiro atoms. The first-order valence-corrected chi connectivity index (χ1v) is 10.3. The monoisotopic (exact) mass is 370 g/mol. The minimum absolute atomic E-state index is 0.136. The van der Waals surface area contributed by atoms with Crippen LogP contribution in [-0.2, 0) is 10.2 Å². The van der Waals surface area contributed by atoms with E-state index in [0.717, 1.165) is 25.7 Å². The lowest BCUT2D eigenvalue weighted by Crippen LogP contribution is -2.54. The van der Waals surface area contributed by atoms with Crippen LogP contribution < -0.4 is 0 Å². The SMILES string of the molecule is Cc1noc(C)c1C(=O)N1CCN(S(=O)(=O)N2CCCCCC2)CC1. The second kappa shape index (κ2) is 7.43. The molecule has 3 rings (SSSR count). The van der Waals surface area contributed by atoms with Crippen molar-refractivity contribution in [2.45, 2.75) is 39.5 Å². The smallest absolute Gasteiger partial charge is 0.282 e. The number of nitrogens with zero attached hydrogens (tertiary/aromatic N) is 4. The number of aryl methyl sites for hydroxylation is 2. The van der Waals surface area contributed by atoms with Crippen molar-refractivity contribution in [1.82, 2.24) is 18.7 Å². The number of aromatic nitrogens is 1. The lowest BCUT2D eigenvalue weighted by atomic mass is 10.1. The van der Waals surface area contributed by atoms with Crippen LogP contribution in [0.4, 0.5) is 0 Å². The Bertz CT molecular complexity index is 695. The minimum atomic E-state index is -3.43. The fourth-order valence-electron chi connectivity index (χ4n) is 3.50. The highest BCUT2D eigenvalue weighted by Gasteiger charge is 2.34. The van der Waals surface area contributed by atoms with Gasteiger partial charge in [0.2, 0.25) is 0 Å². The van der Waals surface area contributed by atoms with Gasteiger partial charge in [0.05, 0.1) is 5.69 Å². The van der Waals surface area contributed by atoms with Crippen molar-refractivity contribution in [2.24, 2.45) is 0 Å². The lowest BCUT2D eigenvalue weighted by Gasteiger charge is -2.36. The Hall–Kier alpha value is -1.45. The van der Waals surface area contributed by atoms with E-state index in [2.05, 4.69) is 5.16 Å². The quantitative estimate of drug-likeness (QED) is 0.797. The first kappa shape index (κ1) is 18.3. The molecule has 1 aromatic rings. The zero-order valence-corrected chi connectivity index (χ0v) is 15.7. The summed E-state index contributed by atoms with van der Waals surface area (Å²) in [4.78, 5) is 14.3. The maximum absolute atomic E-state index is 12.8. The van der Waals surface area contributed by atoms with Gasteiger partial charge < -0.3 is 9.42 Å². The van der Waals surface area contributed by atoms with Crippen molar-refractivity contribution in [2.75, 3.05) is 39.3 Å². The summed E-state index contributed by atoms with van der Waals surface area (Å²) in [7, 11) is -3.43. The van der Waals surface area contributed by atoms with Crippen molar-refractivity contribution in [3.63, 3.8) is 0 Å². The molecule has 3 heterocycles. The number of amides is 1. The highest BCUT2D eigenvalue weighted by atomic mass is 32.2. The van der Waals surface area contributed by atoms with E-state index < -0.39 is 10.2 Å². The van der Waals surface area contributed by atoms with Crippen LogP contribution in [0.25, 0.3) is 0 Å². The zero-order valence-electron chi connectivity index (χ0n) is 14.9. The van der Waals surface area contributed by atoms with Crippen LogP contribution in [0.5, 0.6) is 0 Å². The number of piperazine rings is 1. The summed E-state index contributed by atoms with van der Waals surface area (Å²) >= 11 is 0. The van der Waals surface area contributed by atoms with E-state index in [0.29, 0.717) is 56.3 Å². The van der Waals surface area contributed by atoms with Crippen molar-refractivity contribution in [3.8, 4) is 0 Å². The molecule has 0 N–H and O–H groups in total. The summed E-state index contributed by atoms with van der Waals surface area (Å²) in [5, 5.41) is 3.82. The Labute approximate surface area is 148 Å². The largest absolute Gasteiger partial charge is 0.361 e. The summed E-state index contributed by atoms with van der Waals surface area (Å²) < 4.78 is 33.8. The molecule has 2 aliphatic rings. The molecule has 0 atom stereocenters. The van der Waals surface area contributed by atoms with Crippen molar-refractivity contribution in [1.29, 1.82) is 0 Å². The molecular formula is C16H26N4O4S. The van der Waals surface area contributed by atoms with Gasteiger partial charge in [-0.3, -0.25) is 4.79 Å². The van der Waals surface area contributed by atoms with Crippen LogP contribution >= 0.6 is 0 Å². The Kier molecular flexibility index (Phi) is 5.45. The zero-order chi connectivity index (χ0) is 18.0. The molecule has 25 heavy (non-hydrogen) atoms. The van der Waals surface area contributed by atoms with E-state index in [-0.39, 0.29) is 5.91 Å². The summed E-state index contributed by atoms with van der Waals surface area (Å²) in [5.74, 6) is 0.366. The molecule has 1 amide bonds. The minimum Gasteiger partial charge on any atom is -0.361 e. The predicted octanol–water partition coefficient (Wildman–Crippen LogP) is 1.17. The number of carbonyl (C=O) groups excluding carboxylic acids is 1. The molecule has 0 radical (unpaired) electrons. The second-order valence-electron chi connectivity index (χ2n) is 6.71. The molecular weight excluding hydrogens is 344 g/mol. The molecule has 0 aliphatic carbocycles. The summed E-state index contributed by atoms with van der Waals surface area (Å²) in [6.45, 7) is 6.08. The van der Waals surface area contributed by atoms with Gasteiger partial charge >= 0.3 is 0 Å². The van der Waals surface area contributed by atoms with Gasteiger partial charge in [0.25, 0.3) is 16.1 Å². The maximum atomic E-state index is 12.8. The van der Waals surface area contributed by atoms with Crippen LogP contribution in [0.2, 0.25) is 0 Å². The van der Waals surface area contributed by atoms with Crippen LogP contribution in [-0.4, -0.2) is 72.3 Å². The van der Waals surface area contributed by atoms with E-state index in [1.54, 1.807) is 23.1 Å². The molecule has 2 saturated heterocycles. The highest BCUT2D eigenvalue weighted by molar-refractivity contribution is 7.86. The molecule has 0 bridgehead atoms. The molecule has 8 nitrogen and oxygen atoms in total. The Morgan fingerprint density at radius 1 is 0.920 bits per heavy atom. The molecule has 2 aliphatic heterocycles. The number of hydrogen-bond donors (Lipinski definition) is 0. The molecule has 0 unspecified atom stereocenters. The highest BCUT2D eigenvalue weighted by Crippen LogP contribution is 2.20. The van der Waals surface area contributed by atoms with Gasteiger partial charge in [0.1, 0.15) is 11.3 Å². The normalized spacial score (nSPS) is 21.3. The number of carbonyl (C=O) groups is 1. The van der Waals surface area contributed by atoms with E-state index >= 15 is 0 Å². The standard InChI is InChI=1S/C16H26N4O4S/c1-13-15(14(2)24-17-13)16(21)18-9-11-20(12-10-18)25(22,23)19-7-5-3-4-6-8-19/h3-12H2,1-2H3. The second-order valence-corrected chi connectivity index (χ2v) is 8.64. The lowest BCUT2D eigenvalue weighted by molar-refractivity contribution is 0.0691. The van der Waals surface area contributed by atoms with Crippen LogP contribution in [0.15, 0.2) is 4.52 Å². The average molecular weight is 370 g/mol. The van der Waals surface area contributed by atoms with Crippen molar-refractivity contribution in [3.05, 3.63) is 17.0 Å². The van der Waals surface area contributed by atoms with E-state index in [4.69, 9.17) is 4.52 Å². The van der Waals surface area contributed by atoms with Gasteiger partial charge in [0, 0.05) is 39.3 Å². The summed E-state index contributed by atoms with van der Waals surface area (Å²) in [6, 6.07) is 0. The van der Waals surface area contributed by atoms with Gasteiger partial charge in [0.15, 0.2) is 0 Å². The Morgan fingerprint density at radius 3 is 2.00 bits per heavy atom. The third kappa shape index (κ3) is 3.73. The van der Waals surface area contributed by atoms with E-state index in [1.807, 2.05) is 0 Å². The van der Waals surface area contributed by atoms with Gasteiger partial charge in [-0.2, -0.15) is 17.0 Å². The summed E-state index contributed by atoms with van der Waals surface area (Å²) in [5.41, 5.74) is 1.06. The van der Waals surface area contributed by atoms with E-state index in [1.165, 1.54) is 4.31 Å². The van der Waals surface area contributed by atoms with Crippen LogP contribution in [0, 0.1) is 13.8 Å². The predicted molar refractivity (Wildman–Crippen MR) is 92.4 cm³/mol. The molecule has 140 valence electrons. The molecule has 9 heteroatoms. The third-order valence-corrected chi connectivity index (χ3v) is 7.03. The third-order valence-electron chi connectivity index (χ3n) is 4.99. The van der Waals surface area contributed by atoms with Gasteiger partial charge in [-0.15, -0.1) is 0 Å². The Morgan fingerprint density at radius 2 is 1.48 bits per heavy atom. The first-order chi connectivity index (χ1) is 11.9. The molecule has 0 aromatic carbocycles. The topological polar surface area (TPSA) is 87.0 Å². The molecule has 0 saturated carbocycles. The van der Waals surface area contributed by atoms with Crippen LogP contribution in [0.3, 0.4) is 0 Å². The number of rotatable bonds is 3. The van der Waals surface area contributed by atoms with Crippen molar-refractivity contribution >= 4 is 16.1 Å². The maximum Gasteiger partial charge on any atom is 0.282 e. The number of hydrogen-bond acceptors (Lipinski definition) is 5. The van der Waals surface area contributed by atoms with Gasteiger partial charge in [-0.1, -0.05) is 18.0 Å². The van der Waals surface area contributed by atoms with E-state index in [9.17, 15) is 13.2 Å². The first-order valence-electron chi connectivity index (χ1n) is 8.88. The van der Waals surface area contributed by atoms with Gasteiger partial charge in [-0.25, -0.2) is 0 Å². The average Bonchev–Trinajstić information content (AvgIpc) is 2.82.